The first-order valence-electron chi connectivity index (χ1n) is 13.1. The predicted molar refractivity (Wildman–Crippen MR) is 159 cm³/mol. The minimum absolute atomic E-state index is 0.0753. The number of hydrogen-bond donors (Lipinski definition) is 1. The van der Waals surface area contributed by atoms with Gasteiger partial charge >= 0.3 is 0 Å². The molecular weight excluding hydrogens is 522 g/mol. The SMILES string of the molecule is C=CC(=O)Cc1cc2c(Nc3ccc(OCc4ccccn4)c(Cl)c3)ncnc2cc1C#CC1(C)CCN(C)C1. The lowest BCUT2D eigenvalue weighted by molar-refractivity contribution is -0.114. The van der Waals surface area contributed by atoms with E-state index in [-0.39, 0.29) is 17.6 Å². The van der Waals surface area contributed by atoms with Gasteiger partial charge in [0.2, 0.25) is 0 Å². The van der Waals surface area contributed by atoms with Crippen molar-refractivity contribution in [3.63, 3.8) is 0 Å². The molecule has 2 aromatic heterocycles. The summed E-state index contributed by atoms with van der Waals surface area (Å²) in [6, 6.07) is 15.0. The largest absolute Gasteiger partial charge is 0.486 e. The van der Waals surface area contributed by atoms with Crippen molar-refractivity contribution >= 4 is 39.8 Å². The number of carbonyl (C=O) groups excluding carboxylic acids is 1. The molecule has 0 spiro atoms. The van der Waals surface area contributed by atoms with Crippen LogP contribution in [0.1, 0.15) is 30.2 Å². The first kappa shape index (κ1) is 27.3. The minimum Gasteiger partial charge on any atom is -0.486 e. The van der Waals surface area contributed by atoms with Crippen molar-refractivity contribution in [1.29, 1.82) is 0 Å². The van der Waals surface area contributed by atoms with E-state index >= 15 is 0 Å². The number of anilines is 2. The summed E-state index contributed by atoms with van der Waals surface area (Å²) in [5, 5.41) is 4.58. The number of nitrogens with one attached hydrogen (secondary N) is 1. The molecule has 1 N–H and O–H groups in total. The number of benzene rings is 2. The number of ketones is 1. The first-order valence-corrected chi connectivity index (χ1v) is 13.4. The quantitative estimate of drug-likeness (QED) is 0.213. The number of halogens is 1. The maximum Gasteiger partial charge on any atom is 0.159 e. The second-order valence-corrected chi connectivity index (χ2v) is 10.7. The molecule has 0 aliphatic carbocycles. The number of carbonyl (C=O) groups is 1. The number of fused-ring (bicyclic) bond motifs is 1. The molecule has 1 aliphatic rings. The van der Waals surface area contributed by atoms with Crippen LogP contribution in [-0.2, 0) is 17.8 Å². The van der Waals surface area contributed by atoms with Crippen molar-refractivity contribution in [2.75, 3.05) is 25.5 Å². The number of allylic oxidation sites excluding steroid dienone is 1. The molecule has 1 fully saturated rings. The van der Waals surface area contributed by atoms with E-state index in [9.17, 15) is 4.79 Å². The molecule has 7 nitrogen and oxygen atoms in total. The molecule has 40 heavy (non-hydrogen) atoms. The van der Waals surface area contributed by atoms with E-state index in [4.69, 9.17) is 16.3 Å². The van der Waals surface area contributed by atoms with Gasteiger partial charge in [0.15, 0.2) is 5.78 Å². The zero-order chi connectivity index (χ0) is 28.1. The molecule has 0 saturated carbocycles. The van der Waals surface area contributed by atoms with Crippen LogP contribution in [0, 0.1) is 17.3 Å². The average Bonchev–Trinajstić information content (AvgIpc) is 3.30. The number of likely N-dealkylation sites (tertiary alicyclic amines) is 1. The Morgan fingerprint density at radius 3 is 2.83 bits per heavy atom. The molecule has 4 aromatic rings. The van der Waals surface area contributed by atoms with Gasteiger partial charge in [0.05, 0.1) is 16.2 Å². The van der Waals surface area contributed by atoms with Gasteiger partial charge in [-0.25, -0.2) is 9.97 Å². The number of aromatic nitrogens is 3. The van der Waals surface area contributed by atoms with Crippen LogP contribution >= 0.6 is 11.6 Å². The molecule has 2 aromatic carbocycles. The highest BCUT2D eigenvalue weighted by molar-refractivity contribution is 6.32. The zero-order valence-corrected chi connectivity index (χ0v) is 23.3. The molecule has 0 amide bonds. The van der Waals surface area contributed by atoms with Gasteiger partial charge in [-0.3, -0.25) is 9.78 Å². The summed E-state index contributed by atoms with van der Waals surface area (Å²) in [6.07, 6.45) is 5.78. The second-order valence-electron chi connectivity index (χ2n) is 10.3. The van der Waals surface area contributed by atoms with Crippen molar-refractivity contribution in [2.24, 2.45) is 5.41 Å². The lowest BCUT2D eigenvalue weighted by Gasteiger charge is -2.16. The lowest BCUT2D eigenvalue weighted by atomic mass is 9.89. The fourth-order valence-corrected chi connectivity index (χ4v) is 4.98. The third kappa shape index (κ3) is 6.48. The zero-order valence-electron chi connectivity index (χ0n) is 22.6. The average molecular weight is 552 g/mol. The summed E-state index contributed by atoms with van der Waals surface area (Å²) in [4.78, 5) is 27.9. The number of ether oxygens (including phenoxy) is 1. The van der Waals surface area contributed by atoms with Crippen LogP contribution in [0.25, 0.3) is 10.9 Å². The fourth-order valence-electron chi connectivity index (χ4n) is 4.75. The molecule has 1 atom stereocenters. The van der Waals surface area contributed by atoms with Crippen molar-refractivity contribution in [3.05, 3.63) is 95.6 Å². The molecule has 5 rings (SSSR count). The maximum atomic E-state index is 12.4. The van der Waals surface area contributed by atoms with Crippen molar-refractivity contribution in [3.8, 4) is 17.6 Å². The molecule has 1 saturated heterocycles. The molecular formula is C32H30ClN5O2. The Balaban J connectivity index is 1.43. The molecule has 0 radical (unpaired) electrons. The molecule has 1 aliphatic heterocycles. The summed E-state index contributed by atoms with van der Waals surface area (Å²) in [5.74, 6) is 7.91. The molecule has 8 heteroatoms. The normalized spacial score (nSPS) is 16.8. The lowest BCUT2D eigenvalue weighted by Crippen LogP contribution is -2.20. The smallest absolute Gasteiger partial charge is 0.159 e. The van der Waals surface area contributed by atoms with Crippen molar-refractivity contribution in [2.45, 2.75) is 26.4 Å². The van der Waals surface area contributed by atoms with Gasteiger partial charge in [0.25, 0.3) is 0 Å². The first-order chi connectivity index (χ1) is 19.3. The molecule has 3 heterocycles. The van der Waals surface area contributed by atoms with Gasteiger partial charge in [-0.15, -0.1) is 0 Å². The van der Waals surface area contributed by atoms with Gasteiger partial charge in [0, 0.05) is 41.2 Å². The van der Waals surface area contributed by atoms with Gasteiger partial charge in [0.1, 0.15) is 24.5 Å². The Kier molecular flexibility index (Phi) is 8.11. The highest BCUT2D eigenvalue weighted by Crippen LogP contribution is 2.32. The van der Waals surface area contributed by atoms with Gasteiger partial charge in [-0.1, -0.05) is 36.1 Å². The minimum atomic E-state index is -0.0887. The maximum absolute atomic E-state index is 12.4. The van der Waals surface area contributed by atoms with E-state index < -0.39 is 0 Å². The predicted octanol–water partition coefficient (Wildman–Crippen LogP) is 5.99. The fraction of sp³-hybridized carbons (Fsp3) is 0.250. The van der Waals surface area contributed by atoms with Gasteiger partial charge in [-0.2, -0.15) is 0 Å². The number of nitrogens with zero attached hydrogens (tertiary/aromatic N) is 4. The monoisotopic (exact) mass is 551 g/mol. The highest BCUT2D eigenvalue weighted by atomic mass is 35.5. The van der Waals surface area contributed by atoms with Crippen LogP contribution in [0.2, 0.25) is 5.02 Å². The van der Waals surface area contributed by atoms with E-state index in [1.807, 2.05) is 36.4 Å². The van der Waals surface area contributed by atoms with Crippen LogP contribution in [0.5, 0.6) is 5.75 Å². The van der Waals surface area contributed by atoms with Crippen LogP contribution in [0.4, 0.5) is 11.5 Å². The Morgan fingerprint density at radius 2 is 2.10 bits per heavy atom. The third-order valence-electron chi connectivity index (χ3n) is 6.91. The summed E-state index contributed by atoms with van der Waals surface area (Å²) in [7, 11) is 2.11. The van der Waals surface area contributed by atoms with Gasteiger partial charge in [-0.05, 0) is 81.0 Å². The molecule has 202 valence electrons. The van der Waals surface area contributed by atoms with Crippen LogP contribution < -0.4 is 10.1 Å². The van der Waals surface area contributed by atoms with Crippen LogP contribution in [0.3, 0.4) is 0 Å². The topological polar surface area (TPSA) is 80.2 Å². The van der Waals surface area contributed by atoms with E-state index in [1.54, 1.807) is 18.3 Å². The van der Waals surface area contributed by atoms with Crippen molar-refractivity contribution in [1.82, 2.24) is 19.9 Å². The van der Waals surface area contributed by atoms with E-state index in [0.29, 0.717) is 23.2 Å². The number of rotatable bonds is 8. The Labute approximate surface area is 239 Å². The second kappa shape index (κ2) is 11.9. The molecule has 1 unspecified atom stereocenters. The third-order valence-corrected chi connectivity index (χ3v) is 7.21. The standard InChI is InChI=1S/C32H30ClN5O2/c1-4-26(39)15-23-16-27-29(17-22(23)10-11-32(2)12-14-38(3)20-32)35-21-36-31(27)37-24-8-9-30(28(33)18-24)40-19-25-7-5-6-13-34-25/h4-9,13,16-18,21H,1,12,14-15,19-20H2,2-3H3,(H,35,36,37). The van der Waals surface area contributed by atoms with Gasteiger partial charge < -0.3 is 15.0 Å². The Bertz CT molecular complexity index is 1630. The van der Waals surface area contributed by atoms with E-state index in [0.717, 1.165) is 52.9 Å². The highest BCUT2D eigenvalue weighted by Gasteiger charge is 2.30. The number of hydrogen-bond acceptors (Lipinski definition) is 7. The Hall–Kier alpha value is -4.25. The number of pyridine rings is 1. The summed E-state index contributed by atoms with van der Waals surface area (Å²) >= 11 is 6.52. The van der Waals surface area contributed by atoms with Crippen LogP contribution in [-0.4, -0.2) is 45.8 Å². The summed E-state index contributed by atoms with van der Waals surface area (Å²) in [6.45, 7) is 8.08. The van der Waals surface area contributed by atoms with Crippen molar-refractivity contribution < 1.29 is 9.53 Å². The van der Waals surface area contributed by atoms with Crippen LogP contribution in [0.15, 0.2) is 73.7 Å². The summed E-state index contributed by atoms with van der Waals surface area (Å²) in [5.41, 5.74) is 3.80. The molecule has 0 bridgehead atoms. The summed E-state index contributed by atoms with van der Waals surface area (Å²) < 4.78 is 5.84. The van der Waals surface area contributed by atoms with E-state index in [2.05, 4.69) is 57.6 Å². The Morgan fingerprint density at radius 1 is 1.23 bits per heavy atom. The van der Waals surface area contributed by atoms with E-state index in [1.165, 1.54) is 12.4 Å².